The summed E-state index contributed by atoms with van der Waals surface area (Å²) in [5, 5.41) is 0.924. The second-order valence-electron chi connectivity index (χ2n) is 7.91. The van der Waals surface area contributed by atoms with Crippen molar-refractivity contribution in [1.29, 1.82) is 0 Å². The Balaban J connectivity index is 1.53. The van der Waals surface area contributed by atoms with Crippen LogP contribution in [0.4, 0.5) is 0 Å². The van der Waals surface area contributed by atoms with E-state index in [1.54, 1.807) is 0 Å². The van der Waals surface area contributed by atoms with E-state index < -0.39 is 0 Å². The average molecular weight is 356 g/mol. The highest BCUT2D eigenvalue weighted by molar-refractivity contribution is 8.00. The number of hydrogen-bond acceptors (Lipinski definition) is 4. The normalized spacial score (nSPS) is 43.6. The summed E-state index contributed by atoms with van der Waals surface area (Å²) in [6, 6.07) is 0.817. The van der Waals surface area contributed by atoms with Gasteiger partial charge >= 0.3 is 0 Å². The van der Waals surface area contributed by atoms with Crippen LogP contribution in [0.25, 0.3) is 0 Å². The Morgan fingerprint density at radius 1 is 0.826 bits per heavy atom. The van der Waals surface area contributed by atoms with E-state index >= 15 is 0 Å². The Bertz CT molecular complexity index is 336. The number of thioether (sulfide) groups is 2. The van der Waals surface area contributed by atoms with E-state index in [1.807, 2.05) is 0 Å². The summed E-state index contributed by atoms with van der Waals surface area (Å²) in [7, 11) is 0. The van der Waals surface area contributed by atoms with Crippen molar-refractivity contribution in [2.24, 2.45) is 11.8 Å². The average Bonchev–Trinajstić information content (AvgIpc) is 3.17. The van der Waals surface area contributed by atoms with Crippen LogP contribution in [0.2, 0.25) is 0 Å². The number of ether oxygens (including phenoxy) is 1. The summed E-state index contributed by atoms with van der Waals surface area (Å²) in [6.45, 7) is 3.72. The summed E-state index contributed by atoms with van der Waals surface area (Å²) in [5.74, 6) is 5.86. The van der Waals surface area contributed by atoms with Gasteiger partial charge in [0.1, 0.15) is 0 Å². The maximum absolute atomic E-state index is 6.30. The predicted octanol–water partition coefficient (Wildman–Crippen LogP) is 4.28. The van der Waals surface area contributed by atoms with Gasteiger partial charge in [0.05, 0.1) is 6.10 Å². The molecule has 23 heavy (non-hydrogen) atoms. The Morgan fingerprint density at radius 2 is 1.65 bits per heavy atom. The highest BCUT2D eigenvalue weighted by Gasteiger charge is 2.45. The van der Waals surface area contributed by atoms with Crippen LogP contribution >= 0.6 is 23.5 Å². The molecule has 4 fully saturated rings. The number of nitrogens with zero attached hydrogens (tertiary/aromatic N) is 1. The molecule has 2 nitrogen and oxygen atoms in total. The third-order valence-electron chi connectivity index (χ3n) is 6.45. The lowest BCUT2D eigenvalue weighted by Gasteiger charge is -2.49. The smallest absolute Gasteiger partial charge is 0.0626 e. The number of hydrogen-bond donors (Lipinski definition) is 0. The molecule has 0 N–H and O–H groups in total. The zero-order valence-corrected chi connectivity index (χ0v) is 16.1. The fourth-order valence-electron chi connectivity index (χ4n) is 5.30. The van der Waals surface area contributed by atoms with Crippen LogP contribution in [0.15, 0.2) is 0 Å². The Morgan fingerprint density at radius 3 is 2.39 bits per heavy atom. The van der Waals surface area contributed by atoms with E-state index in [2.05, 4.69) is 28.4 Å². The SMILES string of the molecule is C1CCC(C2CSCC(C3CCCCS3)C2N2CCCC2)OC1. The van der Waals surface area contributed by atoms with E-state index in [4.69, 9.17) is 4.74 Å². The minimum atomic E-state index is 0.554. The van der Waals surface area contributed by atoms with Crippen molar-refractivity contribution < 1.29 is 4.74 Å². The van der Waals surface area contributed by atoms with Crippen LogP contribution in [0.5, 0.6) is 0 Å². The quantitative estimate of drug-likeness (QED) is 0.748. The first-order valence-electron chi connectivity index (χ1n) is 9.98. The van der Waals surface area contributed by atoms with Gasteiger partial charge in [0, 0.05) is 29.6 Å². The zero-order valence-electron chi connectivity index (χ0n) is 14.5. The van der Waals surface area contributed by atoms with Gasteiger partial charge in [-0.25, -0.2) is 0 Å². The molecule has 132 valence electrons. The van der Waals surface area contributed by atoms with Gasteiger partial charge in [-0.1, -0.05) is 6.42 Å². The lowest BCUT2D eigenvalue weighted by molar-refractivity contribution is -0.0487. The van der Waals surface area contributed by atoms with E-state index in [-0.39, 0.29) is 0 Å². The second kappa shape index (κ2) is 8.33. The van der Waals surface area contributed by atoms with E-state index in [0.717, 1.165) is 29.7 Å². The summed E-state index contributed by atoms with van der Waals surface area (Å²) in [4.78, 5) is 2.89. The van der Waals surface area contributed by atoms with E-state index in [9.17, 15) is 0 Å². The van der Waals surface area contributed by atoms with Gasteiger partial charge in [0.2, 0.25) is 0 Å². The first kappa shape index (κ1) is 17.1. The lowest BCUT2D eigenvalue weighted by atomic mass is 9.80. The van der Waals surface area contributed by atoms with Gasteiger partial charge in [-0.05, 0) is 75.5 Å². The summed E-state index contributed by atoms with van der Waals surface area (Å²) in [6.07, 6.45) is 11.8. The van der Waals surface area contributed by atoms with Crippen LogP contribution in [-0.4, -0.2) is 59.3 Å². The summed E-state index contributed by atoms with van der Waals surface area (Å²) in [5.41, 5.74) is 0. The topological polar surface area (TPSA) is 12.5 Å². The molecule has 0 saturated carbocycles. The largest absolute Gasteiger partial charge is 0.378 e. The molecule has 5 atom stereocenters. The fourth-order valence-corrected chi connectivity index (χ4v) is 8.45. The molecular formula is C19H33NOS2. The fraction of sp³-hybridized carbons (Fsp3) is 1.00. The maximum atomic E-state index is 6.30. The number of rotatable bonds is 3. The molecule has 0 bridgehead atoms. The minimum absolute atomic E-state index is 0.554. The molecule has 4 heteroatoms. The van der Waals surface area contributed by atoms with Crippen LogP contribution in [0.1, 0.15) is 51.4 Å². The molecule has 4 saturated heterocycles. The van der Waals surface area contributed by atoms with Crippen molar-refractivity contribution in [2.75, 3.05) is 37.0 Å². The van der Waals surface area contributed by atoms with E-state index in [1.165, 1.54) is 81.7 Å². The minimum Gasteiger partial charge on any atom is -0.378 e. The van der Waals surface area contributed by atoms with Crippen LogP contribution in [0, 0.1) is 11.8 Å². The molecule has 0 aromatic rings. The van der Waals surface area contributed by atoms with Crippen molar-refractivity contribution in [3.63, 3.8) is 0 Å². The molecule has 0 amide bonds. The van der Waals surface area contributed by atoms with Crippen LogP contribution in [0.3, 0.4) is 0 Å². The van der Waals surface area contributed by atoms with Gasteiger partial charge < -0.3 is 4.74 Å². The van der Waals surface area contributed by atoms with Crippen LogP contribution < -0.4 is 0 Å². The molecule has 0 radical (unpaired) electrons. The Labute approximate surface area is 150 Å². The Hall–Kier alpha value is 0.620. The second-order valence-corrected chi connectivity index (χ2v) is 10.3. The third kappa shape index (κ3) is 3.91. The molecule has 5 unspecified atom stereocenters. The van der Waals surface area contributed by atoms with Gasteiger partial charge in [-0.15, -0.1) is 0 Å². The molecular weight excluding hydrogens is 322 g/mol. The highest BCUT2D eigenvalue weighted by Crippen LogP contribution is 2.44. The molecule has 0 aromatic heterocycles. The van der Waals surface area contributed by atoms with Crippen molar-refractivity contribution in [3.05, 3.63) is 0 Å². The maximum Gasteiger partial charge on any atom is 0.0626 e. The van der Waals surface area contributed by atoms with Crippen LogP contribution in [-0.2, 0) is 4.74 Å². The zero-order chi connectivity index (χ0) is 15.5. The van der Waals surface area contributed by atoms with Crippen molar-refractivity contribution >= 4 is 23.5 Å². The molecule has 0 aliphatic carbocycles. The van der Waals surface area contributed by atoms with Crippen molar-refractivity contribution in [3.8, 4) is 0 Å². The van der Waals surface area contributed by atoms with E-state index in [0.29, 0.717) is 6.10 Å². The van der Waals surface area contributed by atoms with Gasteiger partial charge in [0.25, 0.3) is 0 Å². The monoisotopic (exact) mass is 355 g/mol. The van der Waals surface area contributed by atoms with Gasteiger partial charge in [-0.2, -0.15) is 23.5 Å². The van der Waals surface area contributed by atoms with Crippen molar-refractivity contribution in [1.82, 2.24) is 4.90 Å². The lowest BCUT2D eigenvalue weighted by Crippen LogP contribution is -2.55. The molecule has 4 heterocycles. The molecule has 0 spiro atoms. The third-order valence-corrected chi connectivity index (χ3v) is 9.22. The standard InChI is InChI=1S/C19H33NOS2/c1-5-11-21-17(7-1)15-13-22-14-16(18-8-2-6-12-23-18)19(15)20-9-3-4-10-20/h15-19H,1-14H2. The summed E-state index contributed by atoms with van der Waals surface area (Å²) >= 11 is 4.54. The molecule has 0 aromatic carbocycles. The first-order valence-corrected chi connectivity index (χ1v) is 12.2. The first-order chi connectivity index (χ1) is 11.4. The Kier molecular flexibility index (Phi) is 6.18. The number of likely N-dealkylation sites (tertiary alicyclic amines) is 1. The molecule has 4 rings (SSSR count). The predicted molar refractivity (Wildman–Crippen MR) is 103 cm³/mol. The van der Waals surface area contributed by atoms with Gasteiger partial charge in [-0.3, -0.25) is 4.90 Å². The van der Waals surface area contributed by atoms with Gasteiger partial charge in [0.15, 0.2) is 0 Å². The molecule has 4 aliphatic rings. The van der Waals surface area contributed by atoms with Crippen molar-refractivity contribution in [2.45, 2.75) is 68.8 Å². The highest BCUT2D eigenvalue weighted by atomic mass is 32.2. The summed E-state index contributed by atoms with van der Waals surface area (Å²) < 4.78 is 6.30. The molecule has 4 aliphatic heterocycles.